The van der Waals surface area contributed by atoms with E-state index in [1.165, 1.54) is 6.42 Å². The maximum absolute atomic E-state index is 12.5. The Morgan fingerprint density at radius 2 is 2.37 bits per heavy atom. The first kappa shape index (κ1) is 14.1. The van der Waals surface area contributed by atoms with E-state index in [9.17, 15) is 4.79 Å². The van der Waals surface area contributed by atoms with Gasteiger partial charge in [-0.2, -0.15) is 0 Å². The Hall–Kier alpha value is -1.29. The summed E-state index contributed by atoms with van der Waals surface area (Å²) < 4.78 is 0. The molecule has 1 N–H and O–H groups in total. The summed E-state index contributed by atoms with van der Waals surface area (Å²) >= 11 is 5.98. The average molecular weight is 282 g/mol. The fourth-order valence-corrected chi connectivity index (χ4v) is 2.66. The molecule has 1 atom stereocenters. The Morgan fingerprint density at radius 3 is 3.05 bits per heavy atom. The molecule has 0 bridgehead atoms. The molecule has 0 saturated carbocycles. The third kappa shape index (κ3) is 3.60. The number of carbonyl (C=O) groups excluding carboxylic acids is 1. The van der Waals surface area contributed by atoms with E-state index in [1.54, 1.807) is 12.1 Å². The number of piperidine rings is 1. The number of likely N-dealkylation sites (tertiary alicyclic amines) is 1. The zero-order valence-electron chi connectivity index (χ0n) is 11.4. The molecule has 5 heteroatoms. The Kier molecular flexibility index (Phi) is 4.64. The first-order valence-electron chi connectivity index (χ1n) is 6.81. The van der Waals surface area contributed by atoms with Crippen molar-refractivity contribution in [1.82, 2.24) is 9.88 Å². The highest BCUT2D eigenvalue weighted by Gasteiger charge is 2.22. The van der Waals surface area contributed by atoms with Gasteiger partial charge in [0.1, 0.15) is 11.0 Å². The van der Waals surface area contributed by atoms with Crippen LogP contribution in [0.1, 0.15) is 37.0 Å². The number of halogens is 1. The minimum atomic E-state index is 0.0509. The molecule has 1 aliphatic rings. The zero-order chi connectivity index (χ0) is 13.8. The van der Waals surface area contributed by atoms with E-state index < -0.39 is 0 Å². The maximum atomic E-state index is 12.5. The summed E-state index contributed by atoms with van der Waals surface area (Å²) in [5.41, 5.74) is 0.616. The van der Waals surface area contributed by atoms with Gasteiger partial charge in [-0.3, -0.25) is 4.79 Å². The van der Waals surface area contributed by atoms with Crippen molar-refractivity contribution in [1.29, 1.82) is 0 Å². The van der Waals surface area contributed by atoms with Gasteiger partial charge in [-0.15, -0.1) is 0 Å². The molecule has 2 heterocycles. The minimum absolute atomic E-state index is 0.0509. The normalized spacial score (nSPS) is 19.3. The highest BCUT2D eigenvalue weighted by molar-refractivity contribution is 6.29. The van der Waals surface area contributed by atoms with E-state index in [-0.39, 0.29) is 5.91 Å². The van der Waals surface area contributed by atoms with Crippen LogP contribution < -0.4 is 5.32 Å². The Morgan fingerprint density at radius 1 is 1.58 bits per heavy atom. The predicted molar refractivity (Wildman–Crippen MR) is 77.7 cm³/mol. The summed E-state index contributed by atoms with van der Waals surface area (Å²) in [5, 5.41) is 3.44. The second-order valence-electron chi connectivity index (χ2n) is 5.09. The number of amides is 1. The number of nitrogens with one attached hydrogen (secondary N) is 1. The Labute approximate surface area is 119 Å². The SMILES string of the molecule is CCNc1cc(C(=O)N2CCCC(C)C2)cc(Cl)n1. The number of pyridine rings is 1. The summed E-state index contributed by atoms with van der Waals surface area (Å²) in [5.74, 6) is 1.28. The molecular formula is C14H20ClN3O. The van der Waals surface area contributed by atoms with Crippen molar-refractivity contribution in [3.63, 3.8) is 0 Å². The first-order chi connectivity index (χ1) is 9.10. The quantitative estimate of drug-likeness (QED) is 0.866. The van der Waals surface area contributed by atoms with Gasteiger partial charge in [0.15, 0.2) is 0 Å². The van der Waals surface area contributed by atoms with E-state index >= 15 is 0 Å². The predicted octanol–water partition coefficient (Wildman–Crippen LogP) is 3.04. The van der Waals surface area contributed by atoms with Crippen LogP contribution in [0.4, 0.5) is 5.82 Å². The second-order valence-corrected chi connectivity index (χ2v) is 5.48. The van der Waals surface area contributed by atoms with Crippen LogP contribution in [0.15, 0.2) is 12.1 Å². The van der Waals surface area contributed by atoms with E-state index in [4.69, 9.17) is 11.6 Å². The van der Waals surface area contributed by atoms with Gasteiger partial charge in [-0.1, -0.05) is 18.5 Å². The third-order valence-electron chi connectivity index (χ3n) is 3.34. The van der Waals surface area contributed by atoms with Gasteiger partial charge in [0.05, 0.1) is 0 Å². The molecule has 19 heavy (non-hydrogen) atoms. The van der Waals surface area contributed by atoms with Gasteiger partial charge in [0.2, 0.25) is 0 Å². The Bertz CT molecular complexity index is 464. The third-order valence-corrected chi connectivity index (χ3v) is 3.54. The first-order valence-corrected chi connectivity index (χ1v) is 7.18. The van der Waals surface area contributed by atoms with Crippen LogP contribution in [0.3, 0.4) is 0 Å². The molecule has 1 saturated heterocycles. The zero-order valence-corrected chi connectivity index (χ0v) is 12.2. The van der Waals surface area contributed by atoms with Crippen molar-refractivity contribution in [3.8, 4) is 0 Å². The van der Waals surface area contributed by atoms with Crippen LogP contribution in [0.25, 0.3) is 0 Å². The lowest BCUT2D eigenvalue weighted by Crippen LogP contribution is -2.39. The molecule has 2 rings (SSSR count). The highest BCUT2D eigenvalue weighted by atomic mass is 35.5. The smallest absolute Gasteiger partial charge is 0.254 e. The van der Waals surface area contributed by atoms with E-state index in [2.05, 4.69) is 17.2 Å². The van der Waals surface area contributed by atoms with Gasteiger partial charge in [0, 0.05) is 25.2 Å². The monoisotopic (exact) mass is 281 g/mol. The second kappa shape index (κ2) is 6.24. The molecule has 1 aliphatic heterocycles. The lowest BCUT2D eigenvalue weighted by Gasteiger charge is -2.31. The van der Waals surface area contributed by atoms with Crippen molar-refractivity contribution >= 4 is 23.3 Å². The number of nitrogens with zero attached hydrogens (tertiary/aromatic N) is 2. The molecule has 1 amide bonds. The van der Waals surface area contributed by atoms with Crippen LogP contribution >= 0.6 is 11.6 Å². The van der Waals surface area contributed by atoms with Crippen molar-refractivity contribution in [2.75, 3.05) is 25.0 Å². The van der Waals surface area contributed by atoms with E-state index in [1.807, 2.05) is 11.8 Å². The van der Waals surface area contributed by atoms with Crippen molar-refractivity contribution in [2.45, 2.75) is 26.7 Å². The number of hydrogen-bond donors (Lipinski definition) is 1. The van der Waals surface area contributed by atoms with Gasteiger partial charge >= 0.3 is 0 Å². The summed E-state index contributed by atoms with van der Waals surface area (Å²) in [6, 6.07) is 3.42. The fourth-order valence-electron chi connectivity index (χ4n) is 2.45. The van der Waals surface area contributed by atoms with Crippen molar-refractivity contribution in [3.05, 3.63) is 22.8 Å². The summed E-state index contributed by atoms with van der Waals surface area (Å²) in [6.45, 7) is 6.58. The van der Waals surface area contributed by atoms with Crippen LogP contribution in [0.5, 0.6) is 0 Å². The number of hydrogen-bond acceptors (Lipinski definition) is 3. The largest absolute Gasteiger partial charge is 0.370 e. The molecule has 1 aromatic rings. The molecule has 1 fully saturated rings. The number of aromatic nitrogens is 1. The summed E-state index contributed by atoms with van der Waals surface area (Å²) in [7, 11) is 0. The molecule has 0 spiro atoms. The Balaban J connectivity index is 2.18. The number of carbonyl (C=O) groups is 1. The molecule has 0 radical (unpaired) electrons. The van der Waals surface area contributed by atoms with Gasteiger partial charge in [-0.25, -0.2) is 4.98 Å². The number of anilines is 1. The van der Waals surface area contributed by atoms with Crippen molar-refractivity contribution < 1.29 is 4.79 Å². The van der Waals surface area contributed by atoms with Gasteiger partial charge in [-0.05, 0) is 37.8 Å². The van der Waals surface area contributed by atoms with Crippen LogP contribution in [0, 0.1) is 5.92 Å². The molecule has 0 aliphatic carbocycles. The average Bonchev–Trinajstić information content (AvgIpc) is 2.37. The fraction of sp³-hybridized carbons (Fsp3) is 0.571. The molecular weight excluding hydrogens is 262 g/mol. The van der Waals surface area contributed by atoms with Gasteiger partial charge < -0.3 is 10.2 Å². The van der Waals surface area contributed by atoms with Crippen LogP contribution in [-0.2, 0) is 0 Å². The highest BCUT2D eigenvalue weighted by Crippen LogP contribution is 2.20. The standard InChI is InChI=1S/C14H20ClN3O/c1-3-16-13-8-11(7-12(15)17-13)14(19)18-6-4-5-10(2)9-18/h7-8,10H,3-6,9H2,1-2H3,(H,16,17). The van der Waals surface area contributed by atoms with Crippen LogP contribution in [0.2, 0.25) is 5.15 Å². The lowest BCUT2D eigenvalue weighted by atomic mass is 9.99. The molecule has 4 nitrogen and oxygen atoms in total. The summed E-state index contributed by atoms with van der Waals surface area (Å²) in [4.78, 5) is 18.5. The van der Waals surface area contributed by atoms with Gasteiger partial charge in [0.25, 0.3) is 5.91 Å². The topological polar surface area (TPSA) is 45.2 Å². The number of rotatable bonds is 3. The molecule has 104 valence electrons. The molecule has 1 unspecified atom stereocenters. The van der Waals surface area contributed by atoms with E-state index in [0.717, 1.165) is 26.1 Å². The van der Waals surface area contributed by atoms with Crippen molar-refractivity contribution in [2.24, 2.45) is 5.92 Å². The maximum Gasteiger partial charge on any atom is 0.254 e. The van der Waals surface area contributed by atoms with Crippen LogP contribution in [-0.4, -0.2) is 35.4 Å². The molecule has 1 aromatic heterocycles. The van der Waals surface area contributed by atoms with E-state index in [0.29, 0.717) is 22.5 Å². The lowest BCUT2D eigenvalue weighted by molar-refractivity contribution is 0.0683. The molecule has 0 aromatic carbocycles. The summed E-state index contributed by atoms with van der Waals surface area (Å²) in [6.07, 6.45) is 2.27. The minimum Gasteiger partial charge on any atom is -0.370 e.